The molecule has 2 atom stereocenters. The van der Waals surface area contributed by atoms with Crippen molar-refractivity contribution in [1.82, 2.24) is 0 Å². The Morgan fingerprint density at radius 1 is 1.06 bits per heavy atom. The van der Waals surface area contributed by atoms with Gasteiger partial charge in [0, 0.05) is 0 Å². The fraction of sp³-hybridized carbons (Fsp3) is 1.00. The van der Waals surface area contributed by atoms with E-state index in [1.807, 2.05) is 0 Å². The Morgan fingerprint density at radius 3 is 2.38 bits per heavy atom. The molecule has 16 heavy (non-hydrogen) atoms. The van der Waals surface area contributed by atoms with Crippen molar-refractivity contribution in [1.29, 1.82) is 0 Å². The molecule has 0 heterocycles. The molecule has 2 rings (SSSR count). The molecule has 1 heteroatoms. The van der Waals surface area contributed by atoms with Gasteiger partial charge in [0.2, 0.25) is 0 Å². The van der Waals surface area contributed by atoms with Crippen LogP contribution in [0.2, 0.25) is 0 Å². The fourth-order valence-corrected chi connectivity index (χ4v) is 4.11. The summed E-state index contributed by atoms with van der Waals surface area (Å²) < 4.78 is 0. The maximum atomic E-state index is 11.0. The van der Waals surface area contributed by atoms with Crippen molar-refractivity contribution >= 4 is 0 Å². The highest BCUT2D eigenvalue weighted by Crippen LogP contribution is 2.46. The molecule has 1 nitrogen and oxygen atoms in total. The van der Waals surface area contributed by atoms with E-state index >= 15 is 0 Å². The standard InChI is InChI=1S/C15H28O/c1-3-13-6-4-5-11-15(13,16)14-9-7-12(2)8-10-14/h12-14,16H,3-11H2,1-2H3. The average Bonchev–Trinajstić information content (AvgIpc) is 2.30. The van der Waals surface area contributed by atoms with Gasteiger partial charge in [0.15, 0.2) is 0 Å². The van der Waals surface area contributed by atoms with Crippen molar-refractivity contribution in [2.75, 3.05) is 0 Å². The zero-order valence-electron chi connectivity index (χ0n) is 11.0. The summed E-state index contributed by atoms with van der Waals surface area (Å²) in [5.41, 5.74) is -0.298. The molecule has 94 valence electrons. The molecule has 2 unspecified atom stereocenters. The maximum Gasteiger partial charge on any atom is 0.0703 e. The first-order valence-corrected chi connectivity index (χ1v) is 7.39. The van der Waals surface area contributed by atoms with E-state index in [9.17, 15) is 5.11 Å². The van der Waals surface area contributed by atoms with Crippen LogP contribution in [0.25, 0.3) is 0 Å². The summed E-state index contributed by atoms with van der Waals surface area (Å²) in [7, 11) is 0. The normalized spacial score (nSPS) is 45.6. The minimum atomic E-state index is -0.298. The first-order chi connectivity index (χ1) is 7.66. The SMILES string of the molecule is CCC1CCCCC1(O)C1CCC(C)CC1. The fourth-order valence-electron chi connectivity index (χ4n) is 4.11. The second-order valence-electron chi connectivity index (χ2n) is 6.30. The van der Waals surface area contributed by atoms with Crippen LogP contribution in [0.1, 0.15) is 71.6 Å². The van der Waals surface area contributed by atoms with Crippen LogP contribution in [0.15, 0.2) is 0 Å². The number of hydrogen-bond acceptors (Lipinski definition) is 1. The van der Waals surface area contributed by atoms with Gasteiger partial charge in [-0.25, -0.2) is 0 Å². The Bertz CT molecular complexity index is 217. The molecular weight excluding hydrogens is 196 g/mol. The van der Waals surface area contributed by atoms with Gasteiger partial charge < -0.3 is 5.11 Å². The van der Waals surface area contributed by atoms with E-state index in [2.05, 4.69) is 13.8 Å². The Labute approximate surface area is 101 Å². The smallest absolute Gasteiger partial charge is 0.0703 e. The molecule has 0 aromatic heterocycles. The highest BCUT2D eigenvalue weighted by molar-refractivity contribution is 4.96. The molecule has 2 aliphatic rings. The highest BCUT2D eigenvalue weighted by atomic mass is 16.3. The van der Waals surface area contributed by atoms with Crippen LogP contribution in [-0.2, 0) is 0 Å². The monoisotopic (exact) mass is 224 g/mol. The lowest BCUT2D eigenvalue weighted by molar-refractivity contribution is -0.108. The molecule has 0 spiro atoms. The quantitative estimate of drug-likeness (QED) is 0.747. The van der Waals surface area contributed by atoms with Gasteiger partial charge in [0.05, 0.1) is 5.60 Å². The van der Waals surface area contributed by atoms with Crippen LogP contribution >= 0.6 is 0 Å². The van der Waals surface area contributed by atoms with Crippen LogP contribution in [-0.4, -0.2) is 10.7 Å². The van der Waals surface area contributed by atoms with Crippen molar-refractivity contribution in [3.8, 4) is 0 Å². The van der Waals surface area contributed by atoms with Gasteiger partial charge >= 0.3 is 0 Å². The first kappa shape index (κ1) is 12.4. The van der Waals surface area contributed by atoms with Crippen LogP contribution in [0.3, 0.4) is 0 Å². The van der Waals surface area contributed by atoms with E-state index in [-0.39, 0.29) is 5.60 Å². The zero-order valence-corrected chi connectivity index (χ0v) is 11.0. The largest absolute Gasteiger partial charge is 0.389 e. The summed E-state index contributed by atoms with van der Waals surface area (Å²) >= 11 is 0. The third kappa shape index (κ3) is 2.30. The summed E-state index contributed by atoms with van der Waals surface area (Å²) in [6.07, 6.45) is 11.3. The minimum Gasteiger partial charge on any atom is -0.389 e. The summed E-state index contributed by atoms with van der Waals surface area (Å²) in [4.78, 5) is 0. The summed E-state index contributed by atoms with van der Waals surface area (Å²) in [6.45, 7) is 4.62. The van der Waals surface area contributed by atoms with Gasteiger partial charge in [0.25, 0.3) is 0 Å². The van der Waals surface area contributed by atoms with E-state index < -0.39 is 0 Å². The van der Waals surface area contributed by atoms with Crippen LogP contribution in [0, 0.1) is 17.8 Å². The van der Waals surface area contributed by atoms with Gasteiger partial charge in [-0.3, -0.25) is 0 Å². The van der Waals surface area contributed by atoms with Gasteiger partial charge in [0.1, 0.15) is 0 Å². The summed E-state index contributed by atoms with van der Waals surface area (Å²) in [6, 6.07) is 0. The molecule has 1 N–H and O–H groups in total. The molecule has 0 amide bonds. The summed E-state index contributed by atoms with van der Waals surface area (Å²) in [5.74, 6) is 2.08. The molecular formula is C15H28O. The van der Waals surface area contributed by atoms with Crippen LogP contribution in [0.5, 0.6) is 0 Å². The lowest BCUT2D eigenvalue weighted by Gasteiger charge is -2.47. The van der Waals surface area contributed by atoms with Gasteiger partial charge in [-0.05, 0) is 43.4 Å². The van der Waals surface area contributed by atoms with E-state index in [0.717, 1.165) is 12.3 Å². The maximum absolute atomic E-state index is 11.0. The first-order valence-electron chi connectivity index (χ1n) is 7.39. The van der Waals surface area contributed by atoms with Gasteiger partial charge in [-0.1, -0.05) is 46.0 Å². The van der Waals surface area contributed by atoms with Crippen LogP contribution < -0.4 is 0 Å². The van der Waals surface area contributed by atoms with E-state index in [1.165, 1.54) is 51.4 Å². The van der Waals surface area contributed by atoms with Gasteiger partial charge in [-0.2, -0.15) is 0 Å². The topological polar surface area (TPSA) is 20.2 Å². The van der Waals surface area contributed by atoms with Crippen molar-refractivity contribution in [3.05, 3.63) is 0 Å². The second-order valence-corrected chi connectivity index (χ2v) is 6.30. The number of rotatable bonds is 2. The average molecular weight is 224 g/mol. The lowest BCUT2D eigenvalue weighted by Crippen LogP contribution is -2.48. The lowest BCUT2D eigenvalue weighted by atomic mass is 9.63. The molecule has 2 saturated carbocycles. The molecule has 2 aliphatic carbocycles. The predicted octanol–water partition coefficient (Wildman–Crippen LogP) is 4.14. The van der Waals surface area contributed by atoms with Crippen molar-refractivity contribution < 1.29 is 5.11 Å². The molecule has 0 aromatic carbocycles. The van der Waals surface area contributed by atoms with E-state index in [1.54, 1.807) is 0 Å². The van der Waals surface area contributed by atoms with Crippen molar-refractivity contribution in [3.63, 3.8) is 0 Å². The van der Waals surface area contributed by atoms with Crippen molar-refractivity contribution in [2.45, 2.75) is 77.2 Å². The Balaban J connectivity index is 2.03. The number of aliphatic hydroxyl groups is 1. The van der Waals surface area contributed by atoms with E-state index in [4.69, 9.17) is 0 Å². The Hall–Kier alpha value is -0.0400. The summed E-state index contributed by atoms with van der Waals surface area (Å²) in [5, 5.41) is 11.0. The minimum absolute atomic E-state index is 0.298. The third-order valence-electron chi connectivity index (χ3n) is 5.30. The molecule has 0 radical (unpaired) electrons. The predicted molar refractivity (Wildman–Crippen MR) is 68.3 cm³/mol. The third-order valence-corrected chi connectivity index (χ3v) is 5.30. The zero-order chi connectivity index (χ0) is 11.6. The molecule has 0 bridgehead atoms. The van der Waals surface area contributed by atoms with E-state index in [0.29, 0.717) is 11.8 Å². The van der Waals surface area contributed by atoms with Crippen molar-refractivity contribution in [2.24, 2.45) is 17.8 Å². The van der Waals surface area contributed by atoms with Gasteiger partial charge in [-0.15, -0.1) is 0 Å². The molecule has 0 saturated heterocycles. The Morgan fingerprint density at radius 2 is 1.75 bits per heavy atom. The number of hydrogen-bond donors (Lipinski definition) is 1. The Kier molecular flexibility index (Phi) is 3.94. The molecule has 2 fully saturated rings. The second kappa shape index (κ2) is 5.08. The van der Waals surface area contributed by atoms with Crippen LogP contribution in [0.4, 0.5) is 0 Å². The molecule has 0 aromatic rings. The molecule has 0 aliphatic heterocycles. The highest BCUT2D eigenvalue weighted by Gasteiger charge is 2.44.